The number of hydrogen-bond acceptors (Lipinski definition) is 9. The maximum absolute atomic E-state index is 14.0. The third-order valence-corrected chi connectivity index (χ3v) is 7.77. The summed E-state index contributed by atoms with van der Waals surface area (Å²) >= 11 is 0. The lowest BCUT2D eigenvalue weighted by atomic mass is 9.97. The number of aromatic carboxylic acids is 1. The van der Waals surface area contributed by atoms with Gasteiger partial charge in [0.25, 0.3) is 0 Å². The molecule has 44 heavy (non-hydrogen) atoms. The van der Waals surface area contributed by atoms with Crippen LogP contribution >= 0.6 is 0 Å². The van der Waals surface area contributed by atoms with Crippen LogP contribution in [0.4, 0.5) is 24.8 Å². The number of halogens is 3. The Morgan fingerprint density at radius 1 is 1.09 bits per heavy atom. The fourth-order valence-electron chi connectivity index (χ4n) is 5.22. The minimum absolute atomic E-state index is 0.124. The summed E-state index contributed by atoms with van der Waals surface area (Å²) < 4.78 is 81.0. The maximum atomic E-state index is 14.0. The molecule has 16 heteroatoms. The second-order valence-electron chi connectivity index (χ2n) is 10.3. The number of carboxylic acid groups (broad SMARTS) is 1. The van der Waals surface area contributed by atoms with Crippen molar-refractivity contribution in [2.75, 3.05) is 56.2 Å². The number of methoxy groups -OCH3 is 1. The van der Waals surface area contributed by atoms with Crippen molar-refractivity contribution in [3.05, 3.63) is 53.9 Å². The van der Waals surface area contributed by atoms with Crippen molar-refractivity contribution in [2.24, 2.45) is 7.05 Å². The topological polar surface area (TPSA) is 139 Å². The summed E-state index contributed by atoms with van der Waals surface area (Å²) in [6.45, 7) is 3.10. The fraction of sp³-hybridized carbons (Fsp3) is 0.321. The van der Waals surface area contributed by atoms with Gasteiger partial charge in [0, 0.05) is 62.0 Å². The highest BCUT2D eigenvalue weighted by molar-refractivity contribution is 7.92. The number of nitrogens with one attached hydrogen (secondary N) is 1. The zero-order valence-electron chi connectivity index (χ0n) is 24.1. The highest BCUT2D eigenvalue weighted by Crippen LogP contribution is 2.48. The standard InChI is InChI=1S/C28H29F3N6O6S/c1-35-10-12-37(13-11-35)27-32-9-8-21(33-27)43-20-7-5-6-17-22(24(26(38)39)36(2)23(17)20)18-14-16(28(29,30)31)15-19(25(18)42-3)34-44(4,40)41/h5-9,14-15,34H,10-13H2,1-4H3,(H,38,39). The fourth-order valence-corrected chi connectivity index (χ4v) is 5.77. The van der Waals surface area contributed by atoms with Crippen LogP contribution in [0.5, 0.6) is 17.4 Å². The number of alkyl halides is 3. The van der Waals surface area contributed by atoms with E-state index in [1.165, 1.54) is 17.7 Å². The highest BCUT2D eigenvalue weighted by atomic mass is 32.2. The Morgan fingerprint density at radius 3 is 2.41 bits per heavy atom. The smallest absolute Gasteiger partial charge is 0.416 e. The molecule has 1 fully saturated rings. The number of hydrogen-bond donors (Lipinski definition) is 2. The van der Waals surface area contributed by atoms with E-state index in [1.807, 2.05) is 11.9 Å². The van der Waals surface area contributed by atoms with Crippen LogP contribution < -0.4 is 19.1 Å². The van der Waals surface area contributed by atoms with Crippen molar-refractivity contribution < 1.29 is 41.0 Å². The van der Waals surface area contributed by atoms with Gasteiger partial charge in [-0.2, -0.15) is 18.2 Å². The van der Waals surface area contributed by atoms with Crippen molar-refractivity contribution >= 4 is 38.5 Å². The highest BCUT2D eigenvalue weighted by Gasteiger charge is 2.35. The first-order valence-corrected chi connectivity index (χ1v) is 15.1. The van der Waals surface area contributed by atoms with Crippen LogP contribution in [0, 0.1) is 0 Å². The van der Waals surface area contributed by atoms with Gasteiger partial charge < -0.3 is 28.9 Å². The minimum atomic E-state index is -4.90. The van der Waals surface area contributed by atoms with Gasteiger partial charge >= 0.3 is 12.1 Å². The number of benzene rings is 2. The Morgan fingerprint density at radius 2 is 1.80 bits per heavy atom. The lowest BCUT2D eigenvalue weighted by Gasteiger charge is -2.32. The molecule has 3 heterocycles. The van der Waals surface area contributed by atoms with Crippen LogP contribution in [0.3, 0.4) is 0 Å². The van der Waals surface area contributed by atoms with Crippen LogP contribution in [0.1, 0.15) is 16.1 Å². The number of likely N-dealkylation sites (N-methyl/N-ethyl adjacent to an activating group) is 1. The van der Waals surface area contributed by atoms with Gasteiger partial charge in [0.15, 0.2) is 11.5 Å². The Bertz CT molecular complexity index is 1850. The molecule has 0 aliphatic carbocycles. The number of anilines is 2. The normalized spacial score (nSPS) is 14.6. The molecule has 1 saturated heterocycles. The molecule has 5 rings (SSSR count). The van der Waals surface area contributed by atoms with Crippen molar-refractivity contribution in [3.8, 4) is 28.5 Å². The molecule has 1 aliphatic rings. The monoisotopic (exact) mass is 634 g/mol. The molecule has 2 aromatic carbocycles. The van der Waals surface area contributed by atoms with Gasteiger partial charge in [0.2, 0.25) is 21.9 Å². The summed E-state index contributed by atoms with van der Waals surface area (Å²) in [5.41, 5.74) is -2.25. The molecule has 0 atom stereocenters. The molecule has 2 aromatic heterocycles. The first kappa shape index (κ1) is 30.9. The number of ether oxygens (including phenoxy) is 2. The van der Waals surface area contributed by atoms with Gasteiger partial charge in [-0.25, -0.2) is 18.2 Å². The molecular weight excluding hydrogens is 605 g/mol. The number of aryl methyl sites for hydroxylation is 1. The molecule has 4 aromatic rings. The molecule has 0 amide bonds. The van der Waals surface area contributed by atoms with Crippen molar-refractivity contribution in [2.45, 2.75) is 6.18 Å². The van der Waals surface area contributed by atoms with Gasteiger partial charge in [-0.1, -0.05) is 12.1 Å². The van der Waals surface area contributed by atoms with Gasteiger partial charge in [0.05, 0.1) is 30.1 Å². The average molecular weight is 635 g/mol. The number of fused-ring (bicyclic) bond motifs is 1. The largest absolute Gasteiger partial charge is 0.494 e. The molecular formula is C28H29F3N6O6S. The van der Waals surface area contributed by atoms with E-state index in [0.717, 1.165) is 32.5 Å². The maximum Gasteiger partial charge on any atom is 0.416 e. The van der Waals surface area contributed by atoms with Crippen molar-refractivity contribution in [1.82, 2.24) is 19.4 Å². The SMILES string of the molecule is COc1c(NS(C)(=O)=O)cc(C(F)(F)F)cc1-c1c(C(=O)O)n(C)c2c(Oc3ccnc(N4CCN(C)CC4)n3)cccc12. The van der Waals surface area contributed by atoms with Crippen LogP contribution in [0.15, 0.2) is 42.6 Å². The van der Waals surface area contributed by atoms with Crippen LogP contribution in [-0.4, -0.2) is 85.5 Å². The molecule has 234 valence electrons. The molecule has 0 saturated carbocycles. The number of carboxylic acids is 1. The predicted octanol–water partition coefficient (Wildman–Crippen LogP) is 4.28. The number of piperazine rings is 1. The summed E-state index contributed by atoms with van der Waals surface area (Å²) in [5.74, 6) is -0.917. The summed E-state index contributed by atoms with van der Waals surface area (Å²) in [7, 11) is 0.560. The predicted molar refractivity (Wildman–Crippen MR) is 157 cm³/mol. The van der Waals surface area contributed by atoms with E-state index in [-0.39, 0.29) is 45.1 Å². The van der Waals surface area contributed by atoms with Crippen LogP contribution in [-0.2, 0) is 23.2 Å². The van der Waals surface area contributed by atoms with E-state index >= 15 is 0 Å². The first-order valence-electron chi connectivity index (χ1n) is 13.2. The van der Waals surface area contributed by atoms with Gasteiger partial charge in [-0.05, 0) is 25.2 Å². The Kier molecular flexibility index (Phi) is 8.07. The molecule has 0 spiro atoms. The van der Waals surface area contributed by atoms with E-state index in [9.17, 15) is 31.5 Å². The summed E-state index contributed by atoms with van der Waals surface area (Å²) in [6, 6.07) is 7.53. The molecule has 2 N–H and O–H groups in total. The van der Waals surface area contributed by atoms with Crippen LogP contribution in [0.25, 0.3) is 22.0 Å². The number of rotatable bonds is 8. The number of para-hydroxylation sites is 1. The van der Waals surface area contributed by atoms with Crippen molar-refractivity contribution in [1.29, 1.82) is 0 Å². The van der Waals surface area contributed by atoms with Gasteiger partial charge in [0.1, 0.15) is 5.69 Å². The van der Waals surface area contributed by atoms with Crippen LogP contribution in [0.2, 0.25) is 0 Å². The Hall–Kier alpha value is -4.57. The molecule has 12 nitrogen and oxygen atoms in total. The Balaban J connectivity index is 1.70. The molecule has 1 aliphatic heterocycles. The van der Waals surface area contributed by atoms with Gasteiger partial charge in [-0.3, -0.25) is 4.72 Å². The van der Waals surface area contributed by atoms with Crippen molar-refractivity contribution in [3.63, 3.8) is 0 Å². The van der Waals surface area contributed by atoms with E-state index in [2.05, 4.69) is 19.6 Å². The minimum Gasteiger partial charge on any atom is -0.494 e. The van der Waals surface area contributed by atoms with E-state index in [4.69, 9.17) is 9.47 Å². The lowest BCUT2D eigenvalue weighted by molar-refractivity contribution is -0.137. The third-order valence-electron chi connectivity index (χ3n) is 7.18. The number of aromatic nitrogens is 3. The number of nitrogens with zero attached hydrogens (tertiary/aromatic N) is 5. The number of sulfonamides is 1. The van der Waals surface area contributed by atoms with Gasteiger partial charge in [-0.15, -0.1) is 0 Å². The third kappa shape index (κ3) is 6.07. The Labute approximate surface area is 250 Å². The zero-order chi connectivity index (χ0) is 32.0. The second-order valence-corrected chi connectivity index (χ2v) is 12.1. The van der Waals surface area contributed by atoms with E-state index < -0.39 is 33.4 Å². The van der Waals surface area contributed by atoms with E-state index in [0.29, 0.717) is 25.1 Å². The second kappa shape index (κ2) is 11.5. The van der Waals surface area contributed by atoms with E-state index in [1.54, 1.807) is 24.4 Å². The molecule has 0 unspecified atom stereocenters. The molecule has 0 radical (unpaired) electrons. The number of carbonyl (C=O) groups is 1. The zero-order valence-corrected chi connectivity index (χ0v) is 25.0. The summed E-state index contributed by atoms with van der Waals surface area (Å²) in [5, 5.41) is 10.5. The average Bonchev–Trinajstić information content (AvgIpc) is 3.25. The first-order chi connectivity index (χ1) is 20.7. The molecule has 0 bridgehead atoms. The quantitative estimate of drug-likeness (QED) is 0.289. The lowest BCUT2D eigenvalue weighted by Crippen LogP contribution is -2.45. The summed E-state index contributed by atoms with van der Waals surface area (Å²) in [4.78, 5) is 25.7. The summed E-state index contributed by atoms with van der Waals surface area (Å²) in [6.07, 6.45) is -2.58.